The van der Waals surface area contributed by atoms with Crippen LogP contribution in [0.3, 0.4) is 0 Å². The second-order valence-corrected chi connectivity index (χ2v) is 6.43. The van der Waals surface area contributed by atoms with Crippen LogP contribution in [0.1, 0.15) is 30.1 Å². The topological polar surface area (TPSA) is 59.4 Å². The Hall–Kier alpha value is -2.21. The van der Waals surface area contributed by atoms with E-state index in [1.54, 1.807) is 11.5 Å². The largest absolute Gasteiger partial charge is 0.312 e. The summed E-state index contributed by atoms with van der Waals surface area (Å²) in [6.07, 6.45) is 2.80. The number of likely N-dealkylation sites (N-methyl/N-ethyl adjacent to an activating group) is 1. The van der Waals surface area contributed by atoms with Gasteiger partial charge < -0.3 is 4.79 Å². The smallest absolute Gasteiger partial charge is 0.231 e. The zero-order valence-corrected chi connectivity index (χ0v) is 14.7. The maximum Gasteiger partial charge on any atom is 0.231 e. The molecule has 126 valence electrons. The fourth-order valence-corrected chi connectivity index (χ4v) is 2.92. The fourth-order valence-electron chi connectivity index (χ4n) is 2.92. The molecule has 2 aromatic rings. The van der Waals surface area contributed by atoms with Gasteiger partial charge in [-0.1, -0.05) is 18.2 Å². The normalized spacial score (nSPS) is 12.5. The van der Waals surface area contributed by atoms with E-state index in [0.29, 0.717) is 6.42 Å². The van der Waals surface area contributed by atoms with Gasteiger partial charge in [-0.3, -0.25) is 19.1 Å². The van der Waals surface area contributed by atoms with Gasteiger partial charge in [0, 0.05) is 24.4 Å². The quantitative estimate of drug-likeness (QED) is 0.719. The summed E-state index contributed by atoms with van der Waals surface area (Å²) in [5.74, 6) is -0.00313. The summed E-state index contributed by atoms with van der Waals surface area (Å²) < 4.78 is 1.61. The molecule has 0 bridgehead atoms. The molecule has 0 aliphatic carbocycles. The number of hydrogen-bond acceptors (Lipinski definition) is 4. The second kappa shape index (κ2) is 7.58. The van der Waals surface area contributed by atoms with Gasteiger partial charge in [0.15, 0.2) is 7.85 Å². The van der Waals surface area contributed by atoms with Gasteiger partial charge in [0.25, 0.3) is 0 Å². The molecule has 0 aliphatic rings. The van der Waals surface area contributed by atoms with Crippen molar-refractivity contribution in [2.45, 2.75) is 32.2 Å². The van der Waals surface area contributed by atoms with Crippen LogP contribution in [0, 0.1) is 0 Å². The summed E-state index contributed by atoms with van der Waals surface area (Å²) in [4.78, 5) is 37.4. The third-order valence-electron chi connectivity index (χ3n) is 4.26. The molecule has 0 spiro atoms. The summed E-state index contributed by atoms with van der Waals surface area (Å²) in [5.41, 5.74) is 1.79. The summed E-state index contributed by atoms with van der Waals surface area (Å²) in [5, 5.41) is 0.974. The molecule has 0 saturated carbocycles. The van der Waals surface area contributed by atoms with Crippen LogP contribution >= 0.6 is 0 Å². The monoisotopic (exact) mass is 326 g/mol. The number of hydrogen-bond donors (Lipinski definition) is 0. The molecular weight excluding hydrogens is 303 g/mol. The highest BCUT2D eigenvalue weighted by Gasteiger charge is 2.21. The van der Waals surface area contributed by atoms with Gasteiger partial charge in [0.2, 0.25) is 5.91 Å². The molecule has 0 radical (unpaired) electrons. The first-order valence-corrected chi connectivity index (χ1v) is 8.09. The minimum absolute atomic E-state index is 0.00397. The van der Waals surface area contributed by atoms with Gasteiger partial charge in [0.1, 0.15) is 5.78 Å². The lowest BCUT2D eigenvalue weighted by molar-refractivity contribution is -0.121. The molecule has 1 atom stereocenters. The number of benzene rings is 1. The highest BCUT2D eigenvalue weighted by atomic mass is 16.2. The SMILES string of the molecule is BC(=O)CCC(=O)n1cc(C[C@@H](C(C)=O)N(C)C)c2ccccc21. The van der Waals surface area contributed by atoms with Crippen LogP contribution in [-0.4, -0.2) is 54.8 Å². The number of nitrogens with zero attached hydrogens (tertiary/aromatic N) is 2. The van der Waals surface area contributed by atoms with Crippen LogP contribution in [0.25, 0.3) is 10.9 Å². The standard InChI is InChI=1S/C18H23BN2O3/c1-12(22)16(20(2)3)10-13-11-21(18(24)9-8-17(19)23)15-7-5-4-6-14(13)15/h4-7,11,16H,8-10,19H2,1-3H3/t16-/m0/s1. The summed E-state index contributed by atoms with van der Waals surface area (Å²) >= 11 is 0. The molecule has 0 amide bonds. The van der Waals surface area contributed by atoms with E-state index in [-0.39, 0.29) is 36.3 Å². The zero-order valence-electron chi connectivity index (χ0n) is 14.7. The van der Waals surface area contributed by atoms with Crippen molar-refractivity contribution in [3.63, 3.8) is 0 Å². The Morgan fingerprint density at radius 3 is 2.42 bits per heavy atom. The predicted molar refractivity (Wildman–Crippen MR) is 97.2 cm³/mol. The van der Waals surface area contributed by atoms with Crippen LogP contribution in [0.2, 0.25) is 0 Å². The van der Waals surface area contributed by atoms with Crippen molar-refractivity contribution >= 4 is 36.1 Å². The number of carbonyl (C=O) groups excluding carboxylic acids is 3. The van der Waals surface area contributed by atoms with Crippen LogP contribution in [-0.2, 0) is 16.0 Å². The van der Waals surface area contributed by atoms with Gasteiger partial charge in [-0.25, -0.2) is 0 Å². The van der Waals surface area contributed by atoms with E-state index < -0.39 is 0 Å². The van der Waals surface area contributed by atoms with Gasteiger partial charge >= 0.3 is 0 Å². The average molecular weight is 326 g/mol. The third-order valence-corrected chi connectivity index (χ3v) is 4.26. The lowest BCUT2D eigenvalue weighted by atomic mass is 9.98. The lowest BCUT2D eigenvalue weighted by Gasteiger charge is -2.21. The maximum atomic E-state index is 12.5. The first-order valence-electron chi connectivity index (χ1n) is 8.09. The van der Waals surface area contributed by atoms with Crippen molar-refractivity contribution in [3.05, 3.63) is 36.0 Å². The van der Waals surface area contributed by atoms with Gasteiger partial charge in [0.05, 0.1) is 17.2 Å². The van der Waals surface area contributed by atoms with Crippen molar-refractivity contribution in [1.29, 1.82) is 0 Å². The van der Waals surface area contributed by atoms with E-state index in [4.69, 9.17) is 0 Å². The van der Waals surface area contributed by atoms with Crippen LogP contribution in [0.4, 0.5) is 0 Å². The highest BCUT2D eigenvalue weighted by molar-refractivity contribution is 6.57. The van der Waals surface area contributed by atoms with Gasteiger partial charge in [-0.15, -0.1) is 0 Å². The Kier molecular flexibility index (Phi) is 5.73. The van der Waals surface area contributed by atoms with E-state index in [1.165, 1.54) is 7.85 Å². The molecule has 6 heteroatoms. The molecule has 0 aliphatic heterocycles. The van der Waals surface area contributed by atoms with Crippen LogP contribution < -0.4 is 0 Å². The molecule has 0 unspecified atom stereocenters. The first-order chi connectivity index (χ1) is 11.3. The molecule has 1 aromatic carbocycles. The summed E-state index contributed by atoms with van der Waals surface area (Å²) in [6.45, 7) is 1.59. The number of Topliss-reactive ketones (excluding diaryl/α,β-unsaturated/α-hetero) is 1. The number of carbonyl (C=O) groups is 3. The Labute approximate surface area is 143 Å². The fraction of sp³-hybridized carbons (Fsp3) is 0.389. The first kappa shape index (κ1) is 18.1. The Balaban J connectivity index is 2.40. The van der Waals surface area contributed by atoms with E-state index in [1.807, 2.05) is 49.5 Å². The second-order valence-electron chi connectivity index (χ2n) is 6.43. The van der Waals surface area contributed by atoms with Crippen molar-refractivity contribution < 1.29 is 14.4 Å². The average Bonchev–Trinajstić information content (AvgIpc) is 2.88. The van der Waals surface area contributed by atoms with Crippen LogP contribution in [0.15, 0.2) is 30.5 Å². The molecule has 0 N–H and O–H groups in total. The summed E-state index contributed by atoms with van der Waals surface area (Å²) in [6, 6.07) is 7.44. The number of ketones is 1. The van der Waals surface area contributed by atoms with E-state index in [2.05, 4.69) is 0 Å². The number of aromatic nitrogens is 1. The van der Waals surface area contributed by atoms with Crippen molar-refractivity contribution in [3.8, 4) is 0 Å². The van der Waals surface area contributed by atoms with E-state index >= 15 is 0 Å². The summed E-state index contributed by atoms with van der Waals surface area (Å²) in [7, 11) is 5.24. The minimum atomic E-state index is -0.225. The molecule has 24 heavy (non-hydrogen) atoms. The van der Waals surface area contributed by atoms with Crippen LogP contribution in [0.5, 0.6) is 0 Å². The Bertz CT molecular complexity index is 780. The minimum Gasteiger partial charge on any atom is -0.312 e. The maximum absolute atomic E-state index is 12.5. The number of fused-ring (bicyclic) bond motifs is 1. The Morgan fingerprint density at radius 2 is 1.83 bits per heavy atom. The highest BCUT2D eigenvalue weighted by Crippen LogP contribution is 2.24. The lowest BCUT2D eigenvalue weighted by Crippen LogP contribution is -2.36. The molecule has 0 saturated heterocycles. The molecular formula is C18H23BN2O3. The molecule has 0 fully saturated rings. The predicted octanol–water partition coefficient (Wildman–Crippen LogP) is 1.28. The zero-order chi connectivity index (χ0) is 17.9. The molecule has 2 rings (SSSR count). The van der Waals surface area contributed by atoms with Gasteiger partial charge in [-0.2, -0.15) is 0 Å². The molecule has 1 heterocycles. The van der Waals surface area contributed by atoms with Crippen molar-refractivity contribution in [2.75, 3.05) is 14.1 Å². The molecule has 5 nitrogen and oxygen atoms in total. The van der Waals surface area contributed by atoms with Crippen molar-refractivity contribution in [2.24, 2.45) is 0 Å². The van der Waals surface area contributed by atoms with Crippen molar-refractivity contribution in [1.82, 2.24) is 9.47 Å². The molecule has 1 aromatic heterocycles. The van der Waals surface area contributed by atoms with Gasteiger partial charge in [-0.05, 0) is 39.1 Å². The third kappa shape index (κ3) is 4.00. The van der Waals surface area contributed by atoms with E-state index in [9.17, 15) is 14.4 Å². The Morgan fingerprint density at radius 1 is 1.17 bits per heavy atom. The number of para-hydroxylation sites is 1. The van der Waals surface area contributed by atoms with E-state index in [0.717, 1.165) is 16.5 Å². The number of rotatable bonds is 7.